The standard InChI is InChI=1S/C17H17Cl2FN2O/c1-11(2)10-23-17-15(18)7-12(8-16(17)19)9-21-22-14-5-3-13(20)4-6-14/h3-9,11,22H,10H2,1-2H3/b21-9+. The van der Waals surface area contributed by atoms with Crippen LogP contribution in [0, 0.1) is 11.7 Å². The zero-order valence-electron chi connectivity index (χ0n) is 12.8. The van der Waals surface area contributed by atoms with Gasteiger partial charge in [-0.25, -0.2) is 4.39 Å². The highest BCUT2D eigenvalue weighted by atomic mass is 35.5. The third-order valence-electron chi connectivity index (χ3n) is 2.83. The molecule has 0 atom stereocenters. The Labute approximate surface area is 145 Å². The molecule has 3 nitrogen and oxygen atoms in total. The number of halogens is 3. The van der Waals surface area contributed by atoms with Crippen LogP contribution in [0.25, 0.3) is 0 Å². The molecule has 0 heterocycles. The number of ether oxygens (including phenoxy) is 1. The molecule has 0 saturated carbocycles. The SMILES string of the molecule is CC(C)COc1c(Cl)cc(/C=N/Nc2ccc(F)cc2)cc1Cl. The molecule has 1 N–H and O–H groups in total. The van der Waals surface area contributed by atoms with Gasteiger partial charge in [-0.3, -0.25) is 5.43 Å². The number of benzene rings is 2. The van der Waals surface area contributed by atoms with E-state index >= 15 is 0 Å². The van der Waals surface area contributed by atoms with Crippen molar-refractivity contribution in [3.05, 3.63) is 57.8 Å². The molecule has 6 heteroatoms. The Morgan fingerprint density at radius 2 is 1.78 bits per heavy atom. The minimum absolute atomic E-state index is 0.296. The summed E-state index contributed by atoms with van der Waals surface area (Å²) >= 11 is 12.4. The first-order chi connectivity index (χ1) is 11.0. The molecule has 0 unspecified atom stereocenters. The highest BCUT2D eigenvalue weighted by Gasteiger charge is 2.10. The molecule has 23 heavy (non-hydrogen) atoms. The van der Waals surface area contributed by atoms with Crippen molar-refractivity contribution < 1.29 is 9.13 Å². The average Bonchev–Trinajstić information content (AvgIpc) is 2.48. The Morgan fingerprint density at radius 1 is 1.17 bits per heavy atom. The third kappa shape index (κ3) is 5.41. The smallest absolute Gasteiger partial charge is 0.156 e. The zero-order chi connectivity index (χ0) is 16.8. The van der Waals surface area contributed by atoms with Crippen molar-refractivity contribution >= 4 is 35.1 Å². The van der Waals surface area contributed by atoms with Gasteiger partial charge >= 0.3 is 0 Å². The topological polar surface area (TPSA) is 33.6 Å². The number of nitrogens with zero attached hydrogens (tertiary/aromatic N) is 1. The highest BCUT2D eigenvalue weighted by Crippen LogP contribution is 2.34. The van der Waals surface area contributed by atoms with Gasteiger partial charge in [0.1, 0.15) is 5.82 Å². The molecule has 0 radical (unpaired) electrons. The second kappa shape index (κ2) is 8.18. The summed E-state index contributed by atoms with van der Waals surface area (Å²) in [7, 11) is 0. The first-order valence-corrected chi connectivity index (χ1v) is 7.88. The van der Waals surface area contributed by atoms with Gasteiger partial charge in [-0.15, -0.1) is 0 Å². The zero-order valence-corrected chi connectivity index (χ0v) is 14.3. The van der Waals surface area contributed by atoms with Gasteiger partial charge < -0.3 is 4.74 Å². The van der Waals surface area contributed by atoms with Gasteiger partial charge in [0.05, 0.1) is 28.6 Å². The fourth-order valence-corrected chi connectivity index (χ4v) is 2.36. The molecular weight excluding hydrogens is 338 g/mol. The molecule has 2 rings (SSSR count). The predicted molar refractivity (Wildman–Crippen MR) is 94.4 cm³/mol. The third-order valence-corrected chi connectivity index (χ3v) is 3.39. The molecule has 0 aliphatic rings. The molecule has 122 valence electrons. The van der Waals surface area contributed by atoms with Gasteiger partial charge in [-0.2, -0.15) is 5.10 Å². The lowest BCUT2D eigenvalue weighted by atomic mass is 10.2. The minimum atomic E-state index is -0.296. The number of hydrazone groups is 1. The Hall–Kier alpha value is -1.78. The Balaban J connectivity index is 2.05. The second-order valence-corrected chi connectivity index (χ2v) is 6.21. The van der Waals surface area contributed by atoms with Crippen LogP contribution in [0.2, 0.25) is 10.0 Å². The second-order valence-electron chi connectivity index (χ2n) is 5.40. The molecule has 0 amide bonds. The first-order valence-electron chi connectivity index (χ1n) is 7.12. The van der Waals surface area contributed by atoms with Gasteiger partial charge in [0.2, 0.25) is 0 Å². The highest BCUT2D eigenvalue weighted by molar-refractivity contribution is 6.37. The lowest BCUT2D eigenvalue weighted by Gasteiger charge is -2.12. The van der Waals surface area contributed by atoms with Crippen molar-refractivity contribution in [3.63, 3.8) is 0 Å². The van der Waals surface area contributed by atoms with Crippen molar-refractivity contribution in [2.45, 2.75) is 13.8 Å². The van der Waals surface area contributed by atoms with Crippen LogP contribution < -0.4 is 10.2 Å². The molecule has 0 aliphatic carbocycles. The number of hydrogen-bond donors (Lipinski definition) is 1. The van der Waals surface area contributed by atoms with Crippen LogP contribution in [0.15, 0.2) is 41.5 Å². The van der Waals surface area contributed by atoms with Crippen LogP contribution >= 0.6 is 23.2 Å². The van der Waals surface area contributed by atoms with E-state index in [-0.39, 0.29) is 5.82 Å². The number of hydrogen-bond acceptors (Lipinski definition) is 3. The van der Waals surface area contributed by atoms with Crippen LogP contribution in [0.1, 0.15) is 19.4 Å². The Kier molecular flexibility index (Phi) is 6.25. The maximum atomic E-state index is 12.8. The van der Waals surface area contributed by atoms with Gasteiger partial charge in [0.25, 0.3) is 0 Å². The van der Waals surface area contributed by atoms with E-state index in [0.29, 0.717) is 34.0 Å². The lowest BCUT2D eigenvalue weighted by Crippen LogP contribution is -2.05. The summed E-state index contributed by atoms with van der Waals surface area (Å²) in [6.45, 7) is 4.63. The molecule has 2 aromatic rings. The molecule has 0 saturated heterocycles. The van der Waals surface area contributed by atoms with E-state index in [1.54, 1.807) is 30.5 Å². The van der Waals surface area contributed by atoms with E-state index in [1.165, 1.54) is 12.1 Å². The van der Waals surface area contributed by atoms with Gasteiger partial charge in [-0.1, -0.05) is 37.0 Å². The largest absolute Gasteiger partial charge is 0.490 e. The monoisotopic (exact) mass is 354 g/mol. The number of nitrogens with one attached hydrogen (secondary N) is 1. The normalized spacial score (nSPS) is 11.2. The van der Waals surface area contributed by atoms with E-state index in [2.05, 4.69) is 10.5 Å². The number of anilines is 1. The Bertz CT molecular complexity index is 664. The summed E-state index contributed by atoms with van der Waals surface area (Å²) in [5.41, 5.74) is 4.21. The Morgan fingerprint density at radius 3 is 2.35 bits per heavy atom. The fourth-order valence-electron chi connectivity index (χ4n) is 1.75. The summed E-state index contributed by atoms with van der Waals surface area (Å²) in [5, 5.41) is 4.94. The van der Waals surface area contributed by atoms with E-state index in [4.69, 9.17) is 27.9 Å². The van der Waals surface area contributed by atoms with E-state index in [0.717, 1.165) is 5.56 Å². The van der Waals surface area contributed by atoms with Gasteiger partial charge in [-0.05, 0) is 47.9 Å². The van der Waals surface area contributed by atoms with Crippen LogP contribution in [-0.2, 0) is 0 Å². The lowest BCUT2D eigenvalue weighted by molar-refractivity contribution is 0.271. The molecule has 0 aromatic heterocycles. The van der Waals surface area contributed by atoms with Gasteiger partial charge in [0.15, 0.2) is 5.75 Å². The van der Waals surface area contributed by atoms with Crippen LogP contribution in [0.3, 0.4) is 0 Å². The van der Waals surface area contributed by atoms with E-state index in [9.17, 15) is 4.39 Å². The maximum absolute atomic E-state index is 12.8. The predicted octanol–water partition coefficient (Wildman–Crippen LogP) is 5.61. The quantitative estimate of drug-likeness (QED) is 0.539. The van der Waals surface area contributed by atoms with Crippen molar-refractivity contribution in [1.29, 1.82) is 0 Å². The van der Waals surface area contributed by atoms with Crippen molar-refractivity contribution in [2.24, 2.45) is 11.0 Å². The van der Waals surface area contributed by atoms with Gasteiger partial charge in [0, 0.05) is 0 Å². The minimum Gasteiger partial charge on any atom is -0.490 e. The van der Waals surface area contributed by atoms with Crippen LogP contribution in [0.5, 0.6) is 5.75 Å². The maximum Gasteiger partial charge on any atom is 0.156 e. The summed E-state index contributed by atoms with van der Waals surface area (Å²) in [5.74, 6) is 0.559. The summed E-state index contributed by atoms with van der Waals surface area (Å²) < 4.78 is 18.4. The molecule has 0 fully saturated rings. The van der Waals surface area contributed by atoms with E-state index in [1.807, 2.05) is 13.8 Å². The molecule has 0 bridgehead atoms. The fraction of sp³-hybridized carbons (Fsp3) is 0.235. The van der Waals surface area contributed by atoms with Crippen molar-refractivity contribution in [3.8, 4) is 5.75 Å². The van der Waals surface area contributed by atoms with Crippen molar-refractivity contribution in [2.75, 3.05) is 12.0 Å². The van der Waals surface area contributed by atoms with Crippen LogP contribution in [0.4, 0.5) is 10.1 Å². The van der Waals surface area contributed by atoms with Crippen molar-refractivity contribution in [1.82, 2.24) is 0 Å². The molecule has 2 aromatic carbocycles. The summed E-state index contributed by atoms with van der Waals surface area (Å²) in [6.07, 6.45) is 1.58. The molecule has 0 aliphatic heterocycles. The molecular formula is C17H17Cl2FN2O. The van der Waals surface area contributed by atoms with E-state index < -0.39 is 0 Å². The average molecular weight is 355 g/mol. The summed E-state index contributed by atoms with van der Waals surface area (Å²) in [4.78, 5) is 0. The summed E-state index contributed by atoms with van der Waals surface area (Å²) in [6, 6.07) is 9.34. The number of rotatable bonds is 6. The first kappa shape index (κ1) is 17.6. The van der Waals surface area contributed by atoms with Crippen LogP contribution in [-0.4, -0.2) is 12.8 Å². The molecule has 0 spiro atoms.